The van der Waals surface area contributed by atoms with E-state index in [1.165, 1.54) is 65.2 Å². The second-order valence-electron chi connectivity index (χ2n) is 8.06. The summed E-state index contributed by atoms with van der Waals surface area (Å²) in [5, 5.41) is 7.21. The van der Waals surface area contributed by atoms with Crippen molar-refractivity contribution in [1.82, 2.24) is 25.3 Å². The van der Waals surface area contributed by atoms with Gasteiger partial charge in [-0.15, -0.1) is 0 Å². The van der Waals surface area contributed by atoms with E-state index in [0.29, 0.717) is 12.1 Å². The van der Waals surface area contributed by atoms with Gasteiger partial charge in [-0.05, 0) is 18.8 Å². The van der Waals surface area contributed by atoms with Crippen LogP contribution in [-0.4, -0.2) is 98.7 Å². The third kappa shape index (κ3) is 4.83. The molecule has 0 aromatic carbocycles. The lowest BCUT2D eigenvalue weighted by atomic mass is 10.0. The van der Waals surface area contributed by atoms with Crippen molar-refractivity contribution in [2.45, 2.75) is 38.8 Å². The summed E-state index contributed by atoms with van der Waals surface area (Å²) in [6.07, 6.45) is 2.44. The highest BCUT2D eigenvalue weighted by atomic mass is 15.4. The molecule has 2 bridgehead atoms. The number of piperidine rings is 1. The maximum atomic E-state index is 4.44. The number of guanidine groups is 1. The Bertz CT molecular complexity index is 408. The summed E-state index contributed by atoms with van der Waals surface area (Å²) in [4.78, 5) is 12.3. The van der Waals surface area contributed by atoms with Crippen molar-refractivity contribution in [1.29, 1.82) is 0 Å². The van der Waals surface area contributed by atoms with Crippen LogP contribution in [0.15, 0.2) is 4.99 Å². The predicted molar refractivity (Wildman–Crippen MR) is 101 cm³/mol. The van der Waals surface area contributed by atoms with E-state index in [9.17, 15) is 0 Å². The lowest BCUT2D eigenvalue weighted by Crippen LogP contribution is -2.64. The van der Waals surface area contributed by atoms with E-state index in [0.717, 1.165) is 18.4 Å². The smallest absolute Gasteiger partial charge is 0.191 e. The Morgan fingerprint density at radius 3 is 2.33 bits per heavy atom. The van der Waals surface area contributed by atoms with Crippen LogP contribution in [0.4, 0.5) is 0 Å². The van der Waals surface area contributed by atoms with Gasteiger partial charge in [-0.3, -0.25) is 14.8 Å². The molecule has 1 atom stereocenters. The first-order valence-electron chi connectivity index (χ1n) is 9.80. The molecule has 24 heavy (non-hydrogen) atoms. The van der Waals surface area contributed by atoms with Crippen LogP contribution in [0.1, 0.15) is 26.7 Å². The van der Waals surface area contributed by atoms with Crippen molar-refractivity contribution >= 4 is 5.96 Å². The molecule has 0 radical (unpaired) electrons. The number of hydrogen-bond donors (Lipinski definition) is 2. The Morgan fingerprint density at radius 1 is 1.08 bits per heavy atom. The zero-order chi connectivity index (χ0) is 16.9. The number of likely N-dealkylation sites (tertiary alicyclic amines) is 1. The Hall–Kier alpha value is -0.850. The van der Waals surface area contributed by atoms with Gasteiger partial charge in [-0.25, -0.2) is 0 Å². The minimum atomic E-state index is 0.562. The van der Waals surface area contributed by atoms with Crippen LogP contribution >= 0.6 is 0 Å². The lowest BCUT2D eigenvalue weighted by Gasteiger charge is -2.47. The third-order valence-corrected chi connectivity index (χ3v) is 5.67. The standard InChI is InChI=1S/C18H36N6/c1-15(2)13-22-6-4-16(5-7-22)21-18(19-3)20-12-17-14-23-8-10-24(17)11-9-23/h15-17H,4-14H2,1-3H3,(H2,19,20,21). The van der Waals surface area contributed by atoms with Gasteiger partial charge in [0.25, 0.3) is 0 Å². The molecule has 1 unspecified atom stereocenters. The van der Waals surface area contributed by atoms with Gasteiger partial charge in [-0.2, -0.15) is 0 Å². The van der Waals surface area contributed by atoms with E-state index >= 15 is 0 Å². The molecule has 0 aromatic rings. The minimum Gasteiger partial charge on any atom is -0.355 e. The van der Waals surface area contributed by atoms with Crippen LogP contribution in [0.2, 0.25) is 0 Å². The maximum absolute atomic E-state index is 4.44. The Kier molecular flexibility index (Phi) is 6.36. The second-order valence-corrected chi connectivity index (χ2v) is 8.06. The van der Waals surface area contributed by atoms with Crippen LogP contribution in [0.5, 0.6) is 0 Å². The van der Waals surface area contributed by atoms with E-state index in [1.54, 1.807) is 0 Å². The van der Waals surface area contributed by atoms with Gasteiger partial charge in [0.2, 0.25) is 0 Å². The first-order chi connectivity index (χ1) is 11.6. The SMILES string of the molecule is CN=C(NCC1CN2CCN1CC2)NC1CCN(CC(C)C)CC1. The highest BCUT2D eigenvalue weighted by molar-refractivity contribution is 5.80. The van der Waals surface area contributed by atoms with Crippen molar-refractivity contribution in [2.24, 2.45) is 10.9 Å². The molecule has 0 saturated carbocycles. The number of piperazine rings is 3. The van der Waals surface area contributed by atoms with E-state index in [-0.39, 0.29) is 0 Å². The summed E-state index contributed by atoms with van der Waals surface area (Å²) in [6.45, 7) is 15.4. The van der Waals surface area contributed by atoms with Gasteiger partial charge in [0.05, 0.1) is 0 Å². The Labute approximate surface area is 147 Å². The van der Waals surface area contributed by atoms with E-state index < -0.39 is 0 Å². The number of nitrogens with zero attached hydrogens (tertiary/aromatic N) is 4. The first-order valence-corrected chi connectivity index (χ1v) is 9.80. The number of rotatable bonds is 5. The van der Waals surface area contributed by atoms with Crippen LogP contribution in [0.25, 0.3) is 0 Å². The highest BCUT2D eigenvalue weighted by Gasteiger charge is 2.31. The molecule has 6 nitrogen and oxygen atoms in total. The van der Waals surface area contributed by atoms with E-state index in [4.69, 9.17) is 0 Å². The summed E-state index contributed by atoms with van der Waals surface area (Å²) in [5.74, 6) is 1.75. The zero-order valence-corrected chi connectivity index (χ0v) is 15.8. The largest absolute Gasteiger partial charge is 0.355 e. The maximum Gasteiger partial charge on any atom is 0.191 e. The summed E-state index contributed by atoms with van der Waals surface area (Å²) in [6, 6.07) is 1.20. The molecule has 0 amide bonds. The van der Waals surface area contributed by atoms with Gasteiger partial charge in [0, 0.05) is 78.0 Å². The average Bonchev–Trinajstić information content (AvgIpc) is 2.60. The molecule has 0 aromatic heterocycles. The monoisotopic (exact) mass is 336 g/mol. The highest BCUT2D eigenvalue weighted by Crippen LogP contribution is 2.15. The zero-order valence-electron chi connectivity index (χ0n) is 15.8. The fourth-order valence-corrected chi connectivity index (χ4v) is 4.30. The summed E-state index contributed by atoms with van der Waals surface area (Å²) >= 11 is 0. The summed E-state index contributed by atoms with van der Waals surface area (Å²) in [7, 11) is 1.89. The normalized spacial score (nSPS) is 32.3. The molecule has 0 aliphatic carbocycles. The third-order valence-electron chi connectivity index (χ3n) is 5.67. The van der Waals surface area contributed by atoms with E-state index in [1.807, 2.05) is 7.05 Å². The lowest BCUT2D eigenvalue weighted by molar-refractivity contribution is 0.0154. The average molecular weight is 337 g/mol. The number of fused-ring (bicyclic) bond motifs is 3. The molecule has 138 valence electrons. The van der Waals surface area contributed by atoms with Crippen LogP contribution < -0.4 is 10.6 Å². The van der Waals surface area contributed by atoms with Gasteiger partial charge in [0.1, 0.15) is 0 Å². The van der Waals surface area contributed by atoms with Crippen LogP contribution in [0.3, 0.4) is 0 Å². The van der Waals surface area contributed by atoms with Gasteiger partial charge in [-0.1, -0.05) is 13.8 Å². The molecule has 0 spiro atoms. The molecule has 6 heteroatoms. The molecule has 4 aliphatic heterocycles. The number of aliphatic imine (C=N–C) groups is 1. The Morgan fingerprint density at radius 2 is 1.79 bits per heavy atom. The van der Waals surface area contributed by atoms with Gasteiger partial charge < -0.3 is 15.5 Å². The fraction of sp³-hybridized carbons (Fsp3) is 0.944. The molecular weight excluding hydrogens is 300 g/mol. The summed E-state index contributed by atoms with van der Waals surface area (Å²) < 4.78 is 0. The quantitative estimate of drug-likeness (QED) is 0.557. The topological polar surface area (TPSA) is 46.1 Å². The molecule has 2 N–H and O–H groups in total. The first kappa shape index (κ1) is 18.0. The van der Waals surface area contributed by atoms with Crippen LogP contribution in [-0.2, 0) is 0 Å². The molecule has 4 rings (SSSR count). The van der Waals surface area contributed by atoms with Crippen molar-refractivity contribution in [3.8, 4) is 0 Å². The van der Waals surface area contributed by atoms with E-state index in [2.05, 4.69) is 44.2 Å². The van der Waals surface area contributed by atoms with Gasteiger partial charge >= 0.3 is 0 Å². The molecule has 4 saturated heterocycles. The molecule has 4 fully saturated rings. The van der Waals surface area contributed by atoms with Crippen molar-refractivity contribution in [3.05, 3.63) is 0 Å². The predicted octanol–water partition coefficient (Wildman–Crippen LogP) is 0.272. The molecule has 4 aliphatic rings. The van der Waals surface area contributed by atoms with Crippen molar-refractivity contribution < 1.29 is 0 Å². The molecule has 4 heterocycles. The second kappa shape index (κ2) is 8.50. The molecular formula is C18H36N6. The van der Waals surface area contributed by atoms with Gasteiger partial charge in [0.15, 0.2) is 5.96 Å². The Balaban J connectivity index is 1.38. The van der Waals surface area contributed by atoms with Crippen molar-refractivity contribution in [3.63, 3.8) is 0 Å². The fourth-order valence-electron chi connectivity index (χ4n) is 4.30. The van der Waals surface area contributed by atoms with Crippen molar-refractivity contribution in [2.75, 3.05) is 66.0 Å². The van der Waals surface area contributed by atoms with Crippen LogP contribution in [0, 0.1) is 5.92 Å². The minimum absolute atomic E-state index is 0.562. The number of nitrogens with one attached hydrogen (secondary N) is 2. The summed E-state index contributed by atoms with van der Waals surface area (Å²) in [5.41, 5.74) is 0. The number of hydrogen-bond acceptors (Lipinski definition) is 4.